The number of nitrogens with one attached hydrogen (secondary N) is 1. The average Bonchev–Trinajstić information content (AvgIpc) is 3.64. The van der Waals surface area contributed by atoms with Gasteiger partial charge in [0.25, 0.3) is 5.56 Å². The molecular formula is C33H35N7O2. The van der Waals surface area contributed by atoms with E-state index >= 15 is 0 Å². The van der Waals surface area contributed by atoms with Gasteiger partial charge in [0.15, 0.2) is 0 Å². The Balaban J connectivity index is 1.22. The number of fused-ring (bicyclic) bond motifs is 3. The van der Waals surface area contributed by atoms with Gasteiger partial charge in [-0.3, -0.25) is 14.2 Å². The van der Waals surface area contributed by atoms with Crippen LogP contribution >= 0.6 is 0 Å². The molecule has 4 heterocycles. The van der Waals surface area contributed by atoms with E-state index in [9.17, 15) is 4.79 Å². The molecule has 7 rings (SSSR count). The van der Waals surface area contributed by atoms with E-state index < -0.39 is 0 Å². The van der Waals surface area contributed by atoms with Crippen molar-refractivity contribution in [1.82, 2.24) is 35.2 Å². The number of tetrazole rings is 1. The fourth-order valence-electron chi connectivity index (χ4n) is 6.35. The van der Waals surface area contributed by atoms with Crippen LogP contribution in [0, 0.1) is 0 Å². The second-order valence-corrected chi connectivity index (χ2v) is 11.4. The summed E-state index contributed by atoms with van der Waals surface area (Å²) in [6.45, 7) is 3.57. The van der Waals surface area contributed by atoms with Crippen molar-refractivity contribution < 1.29 is 4.84 Å². The van der Waals surface area contributed by atoms with E-state index in [1.54, 1.807) is 0 Å². The SMILES string of the molecule is CCCCc1nc2ccc([C@@H]3C[C@H]4CCCCN3O4)cc2c(=O)n1Cc1ccc(-c2ccccc2-c2nn[nH]n2)cc1. The first-order valence-electron chi connectivity index (χ1n) is 15.1. The Bertz CT molecular complexity index is 1750. The number of aromatic amines is 1. The molecule has 0 spiro atoms. The van der Waals surface area contributed by atoms with Crippen molar-refractivity contribution in [3.05, 3.63) is 94.0 Å². The largest absolute Gasteiger partial charge is 0.295 e. The molecule has 42 heavy (non-hydrogen) atoms. The second-order valence-electron chi connectivity index (χ2n) is 11.4. The first kappa shape index (κ1) is 26.7. The van der Waals surface area contributed by atoms with Crippen LogP contribution < -0.4 is 5.56 Å². The van der Waals surface area contributed by atoms with Crippen molar-refractivity contribution in [1.29, 1.82) is 0 Å². The lowest BCUT2D eigenvalue weighted by Gasteiger charge is -2.22. The molecule has 2 bridgehead atoms. The molecule has 2 aliphatic rings. The fraction of sp³-hybridized carbons (Fsp3) is 0.364. The molecule has 2 fully saturated rings. The Morgan fingerprint density at radius 3 is 2.69 bits per heavy atom. The van der Waals surface area contributed by atoms with Crippen LogP contribution in [0.5, 0.6) is 0 Å². The smallest absolute Gasteiger partial charge is 0.261 e. The number of unbranched alkanes of at least 4 members (excludes halogenated alkanes) is 1. The molecule has 0 saturated carbocycles. The van der Waals surface area contributed by atoms with Gasteiger partial charge in [-0.25, -0.2) is 4.98 Å². The predicted molar refractivity (Wildman–Crippen MR) is 162 cm³/mol. The molecule has 3 aromatic carbocycles. The number of hydrogen-bond donors (Lipinski definition) is 1. The van der Waals surface area contributed by atoms with E-state index in [2.05, 4.69) is 75.1 Å². The Labute approximate surface area is 244 Å². The van der Waals surface area contributed by atoms with Crippen molar-refractivity contribution in [3.63, 3.8) is 0 Å². The van der Waals surface area contributed by atoms with Crippen LogP contribution in [0.3, 0.4) is 0 Å². The summed E-state index contributed by atoms with van der Waals surface area (Å²) in [5.41, 5.74) is 5.97. The lowest BCUT2D eigenvalue weighted by atomic mass is 9.96. The normalized spacial score (nSPS) is 20.2. The van der Waals surface area contributed by atoms with Crippen LogP contribution in [-0.4, -0.2) is 47.9 Å². The van der Waals surface area contributed by atoms with Crippen LogP contribution in [0.25, 0.3) is 33.4 Å². The summed E-state index contributed by atoms with van der Waals surface area (Å²) in [5, 5.41) is 17.4. The first-order valence-corrected chi connectivity index (χ1v) is 15.1. The number of nitrogens with zero attached hydrogens (tertiary/aromatic N) is 6. The summed E-state index contributed by atoms with van der Waals surface area (Å²) in [4.78, 5) is 25.3. The van der Waals surface area contributed by atoms with Gasteiger partial charge in [-0.2, -0.15) is 10.3 Å². The monoisotopic (exact) mass is 561 g/mol. The number of aryl methyl sites for hydroxylation is 1. The van der Waals surface area contributed by atoms with Crippen LogP contribution in [0.1, 0.15) is 68.4 Å². The van der Waals surface area contributed by atoms with Gasteiger partial charge in [0.2, 0.25) is 5.82 Å². The maximum atomic E-state index is 14.1. The zero-order valence-electron chi connectivity index (χ0n) is 23.9. The summed E-state index contributed by atoms with van der Waals surface area (Å²) in [5.74, 6) is 1.40. The number of hydrogen-bond acceptors (Lipinski definition) is 7. The zero-order chi connectivity index (χ0) is 28.5. The second kappa shape index (κ2) is 11.6. The van der Waals surface area contributed by atoms with Crippen LogP contribution in [-0.2, 0) is 17.8 Å². The van der Waals surface area contributed by atoms with E-state index in [0.717, 1.165) is 84.2 Å². The van der Waals surface area contributed by atoms with Gasteiger partial charge < -0.3 is 0 Å². The molecule has 5 aromatic rings. The van der Waals surface area contributed by atoms with Crippen molar-refractivity contribution >= 4 is 10.9 Å². The summed E-state index contributed by atoms with van der Waals surface area (Å²) in [6, 6.07) is 22.8. The fourth-order valence-corrected chi connectivity index (χ4v) is 6.35. The van der Waals surface area contributed by atoms with Crippen molar-refractivity contribution in [2.75, 3.05) is 6.54 Å². The number of hydroxylamine groups is 2. The molecule has 2 aliphatic heterocycles. The van der Waals surface area contributed by atoms with Crippen molar-refractivity contribution in [3.8, 4) is 22.5 Å². The third-order valence-electron chi connectivity index (χ3n) is 8.59. The summed E-state index contributed by atoms with van der Waals surface area (Å²) >= 11 is 0. The zero-order valence-corrected chi connectivity index (χ0v) is 23.9. The van der Waals surface area contributed by atoms with E-state index in [4.69, 9.17) is 9.82 Å². The van der Waals surface area contributed by atoms with Gasteiger partial charge in [0.1, 0.15) is 5.82 Å². The molecule has 214 valence electrons. The summed E-state index contributed by atoms with van der Waals surface area (Å²) in [7, 11) is 0. The first-order chi connectivity index (χ1) is 20.7. The number of benzene rings is 3. The summed E-state index contributed by atoms with van der Waals surface area (Å²) in [6.07, 6.45) is 7.52. The van der Waals surface area contributed by atoms with E-state index in [1.165, 1.54) is 6.42 Å². The quantitative estimate of drug-likeness (QED) is 0.253. The van der Waals surface area contributed by atoms with Crippen LogP contribution in [0.2, 0.25) is 0 Å². The van der Waals surface area contributed by atoms with Gasteiger partial charge in [0.05, 0.1) is 29.6 Å². The Kier molecular flexibility index (Phi) is 7.36. The highest BCUT2D eigenvalue weighted by molar-refractivity contribution is 5.80. The van der Waals surface area contributed by atoms with Crippen LogP contribution in [0.15, 0.2) is 71.5 Å². The molecule has 2 aromatic heterocycles. The lowest BCUT2D eigenvalue weighted by molar-refractivity contribution is -0.155. The predicted octanol–water partition coefficient (Wildman–Crippen LogP) is 5.87. The standard InChI is InChI=1S/C33H35N7O2/c1-2-3-11-31-34-29-17-16-24(30-20-25-8-6-7-18-40(30)42-25)19-28(29)33(41)39(31)21-22-12-14-23(15-13-22)26-9-4-5-10-27(26)32-35-37-38-36-32/h4-5,9-10,12-17,19,25,30H,2-3,6-8,11,18,20-21H2,1H3,(H,35,36,37,38)/t25-,30+/m1/s1. The van der Waals surface area contributed by atoms with Gasteiger partial charge >= 0.3 is 0 Å². The number of rotatable bonds is 8. The van der Waals surface area contributed by atoms with Crippen LogP contribution in [0.4, 0.5) is 0 Å². The molecule has 1 unspecified atom stereocenters. The Hall–Kier alpha value is -4.21. The van der Waals surface area contributed by atoms with E-state index in [0.29, 0.717) is 17.8 Å². The molecule has 0 amide bonds. The van der Waals surface area contributed by atoms with E-state index in [-0.39, 0.29) is 17.7 Å². The third kappa shape index (κ3) is 5.14. The highest BCUT2D eigenvalue weighted by Gasteiger charge is 2.36. The molecule has 9 heteroatoms. The van der Waals surface area contributed by atoms with Gasteiger partial charge in [-0.15, -0.1) is 10.2 Å². The maximum absolute atomic E-state index is 14.1. The minimum absolute atomic E-state index is 0.0218. The highest BCUT2D eigenvalue weighted by Crippen LogP contribution is 2.38. The number of aromatic nitrogens is 6. The molecule has 9 nitrogen and oxygen atoms in total. The minimum Gasteiger partial charge on any atom is -0.295 e. The lowest BCUT2D eigenvalue weighted by Crippen LogP contribution is -2.27. The van der Waals surface area contributed by atoms with E-state index in [1.807, 2.05) is 28.8 Å². The van der Waals surface area contributed by atoms with Gasteiger partial charge in [-0.1, -0.05) is 67.9 Å². The number of H-pyrrole nitrogens is 1. The third-order valence-corrected chi connectivity index (χ3v) is 8.59. The van der Waals surface area contributed by atoms with Crippen molar-refractivity contribution in [2.24, 2.45) is 0 Å². The van der Waals surface area contributed by atoms with Crippen molar-refractivity contribution in [2.45, 2.75) is 70.6 Å². The molecule has 0 aliphatic carbocycles. The average molecular weight is 562 g/mol. The maximum Gasteiger partial charge on any atom is 0.261 e. The molecule has 3 atom stereocenters. The minimum atomic E-state index is 0.0218. The molecule has 0 radical (unpaired) electrons. The van der Waals surface area contributed by atoms with Gasteiger partial charge in [-0.05, 0) is 71.7 Å². The van der Waals surface area contributed by atoms with Gasteiger partial charge in [0, 0.05) is 18.5 Å². The topological polar surface area (TPSA) is 102 Å². The summed E-state index contributed by atoms with van der Waals surface area (Å²) < 4.78 is 1.87. The Morgan fingerprint density at radius 1 is 1.02 bits per heavy atom. The molecule has 2 saturated heterocycles. The Morgan fingerprint density at radius 2 is 1.88 bits per heavy atom. The molecule has 1 N–H and O–H groups in total. The highest BCUT2D eigenvalue weighted by atomic mass is 16.7. The molecular weight excluding hydrogens is 526 g/mol.